The summed E-state index contributed by atoms with van der Waals surface area (Å²) in [5, 5.41) is 5.81. The Balaban J connectivity index is 1.60. The highest BCUT2D eigenvalue weighted by Gasteiger charge is 2.49. The van der Waals surface area contributed by atoms with E-state index in [-0.39, 0.29) is 17.7 Å². The molecule has 0 aliphatic carbocycles. The molecule has 0 aromatic carbocycles. The van der Waals surface area contributed by atoms with E-state index >= 15 is 0 Å². The summed E-state index contributed by atoms with van der Waals surface area (Å²) in [5.74, 6) is 0.633. The van der Waals surface area contributed by atoms with E-state index in [9.17, 15) is 9.18 Å². The summed E-state index contributed by atoms with van der Waals surface area (Å²) in [6.45, 7) is 4.11. The Hall–Kier alpha value is -2.04. The van der Waals surface area contributed by atoms with E-state index < -0.39 is 17.3 Å². The van der Waals surface area contributed by atoms with Gasteiger partial charge in [0.05, 0.1) is 18.9 Å². The number of carbonyl (C=O) groups is 1. The molecule has 28 heavy (non-hydrogen) atoms. The fourth-order valence-electron chi connectivity index (χ4n) is 3.56. The number of fused-ring (bicyclic) bond motifs is 1. The van der Waals surface area contributed by atoms with Crippen molar-refractivity contribution >= 4 is 40.0 Å². The Morgan fingerprint density at radius 3 is 3.11 bits per heavy atom. The molecule has 2 aliphatic rings. The summed E-state index contributed by atoms with van der Waals surface area (Å²) in [7, 11) is 0. The standard InChI is InChI=1S/C18H20FN5O2S2/c1-9-3-12(19)5-21-14(9)15(25)22-13-7-27-16(23-13)18-8-26-10(2)4-11(18)6-28-17(20)24-18/h3,5,7,10-11H,4,6,8H2,1-2H3,(H2,20,24)(H,22,25)/t10-,11-,18?/m0/s1. The fraction of sp³-hybridized carbons (Fsp3) is 0.444. The van der Waals surface area contributed by atoms with Crippen LogP contribution in [0.15, 0.2) is 22.6 Å². The molecule has 10 heteroatoms. The minimum absolute atomic E-state index is 0.165. The van der Waals surface area contributed by atoms with E-state index in [0.717, 1.165) is 23.4 Å². The molecule has 2 aromatic rings. The van der Waals surface area contributed by atoms with Gasteiger partial charge in [-0.2, -0.15) is 0 Å². The summed E-state index contributed by atoms with van der Waals surface area (Å²) in [5.41, 5.74) is 6.03. The number of nitrogens with two attached hydrogens (primary N) is 1. The number of ether oxygens (including phenoxy) is 1. The molecule has 1 unspecified atom stereocenters. The Bertz CT molecular complexity index is 950. The summed E-state index contributed by atoms with van der Waals surface area (Å²) >= 11 is 2.98. The van der Waals surface area contributed by atoms with Crippen molar-refractivity contribution in [2.75, 3.05) is 17.7 Å². The first-order chi connectivity index (χ1) is 13.4. The molecule has 0 radical (unpaired) electrons. The number of pyridine rings is 1. The zero-order valence-electron chi connectivity index (χ0n) is 15.4. The second-order valence-electron chi connectivity index (χ2n) is 7.05. The molecule has 2 aromatic heterocycles. The van der Waals surface area contributed by atoms with Crippen molar-refractivity contribution in [2.45, 2.75) is 31.9 Å². The van der Waals surface area contributed by atoms with E-state index in [0.29, 0.717) is 23.2 Å². The van der Waals surface area contributed by atoms with Gasteiger partial charge in [-0.1, -0.05) is 11.8 Å². The normalized spacial score (nSPS) is 27.0. The SMILES string of the molecule is Cc1cc(F)cnc1C(=O)Nc1csc(C23CO[C@@H](C)C[C@H]2CSC(N)=N3)n1. The van der Waals surface area contributed by atoms with Crippen molar-refractivity contribution in [1.29, 1.82) is 0 Å². The van der Waals surface area contributed by atoms with Gasteiger partial charge in [-0.05, 0) is 31.9 Å². The molecule has 7 nitrogen and oxygen atoms in total. The molecule has 4 rings (SSSR count). The van der Waals surface area contributed by atoms with Crippen molar-refractivity contribution in [3.63, 3.8) is 0 Å². The second-order valence-corrected chi connectivity index (χ2v) is 8.95. The van der Waals surface area contributed by atoms with Gasteiger partial charge in [-0.15, -0.1) is 11.3 Å². The maximum atomic E-state index is 13.2. The number of nitrogens with one attached hydrogen (secondary N) is 1. The van der Waals surface area contributed by atoms with Gasteiger partial charge in [0.2, 0.25) is 0 Å². The Morgan fingerprint density at radius 1 is 1.50 bits per heavy atom. The van der Waals surface area contributed by atoms with Crippen molar-refractivity contribution in [3.8, 4) is 0 Å². The van der Waals surface area contributed by atoms with E-state index in [1.54, 1.807) is 24.1 Å². The monoisotopic (exact) mass is 421 g/mol. The molecule has 148 valence electrons. The van der Waals surface area contributed by atoms with Crippen LogP contribution in [0.3, 0.4) is 0 Å². The Kier molecular flexibility index (Phi) is 5.11. The van der Waals surface area contributed by atoms with Gasteiger partial charge in [-0.3, -0.25) is 4.79 Å². The van der Waals surface area contributed by atoms with Crippen LogP contribution in [0.5, 0.6) is 0 Å². The zero-order chi connectivity index (χ0) is 19.9. The molecule has 0 spiro atoms. The molecule has 4 heterocycles. The second kappa shape index (κ2) is 7.41. The van der Waals surface area contributed by atoms with Gasteiger partial charge in [0.1, 0.15) is 27.9 Å². The maximum absolute atomic E-state index is 13.2. The van der Waals surface area contributed by atoms with Crippen molar-refractivity contribution in [3.05, 3.63) is 39.7 Å². The summed E-state index contributed by atoms with van der Waals surface area (Å²) in [4.78, 5) is 25.7. The van der Waals surface area contributed by atoms with Gasteiger partial charge in [0.15, 0.2) is 5.17 Å². The number of thioether (sulfide) groups is 1. The first-order valence-corrected chi connectivity index (χ1v) is 10.7. The van der Waals surface area contributed by atoms with Crippen LogP contribution < -0.4 is 11.1 Å². The largest absolute Gasteiger partial charge is 0.379 e. The first-order valence-electron chi connectivity index (χ1n) is 8.86. The number of rotatable bonds is 3. The average molecular weight is 422 g/mol. The third-order valence-electron chi connectivity index (χ3n) is 5.00. The molecule has 1 saturated heterocycles. The van der Waals surface area contributed by atoms with Crippen LogP contribution in [0, 0.1) is 18.7 Å². The fourth-order valence-corrected chi connectivity index (χ4v) is 5.54. The molecule has 3 N–H and O–H groups in total. The quantitative estimate of drug-likeness (QED) is 0.790. The Morgan fingerprint density at radius 2 is 2.32 bits per heavy atom. The number of amides is 1. The highest BCUT2D eigenvalue weighted by Crippen LogP contribution is 2.47. The van der Waals surface area contributed by atoms with Crippen LogP contribution in [-0.4, -0.2) is 39.5 Å². The van der Waals surface area contributed by atoms with Crippen LogP contribution in [0.25, 0.3) is 0 Å². The number of anilines is 1. The summed E-state index contributed by atoms with van der Waals surface area (Å²) in [6, 6.07) is 1.27. The third-order valence-corrected chi connectivity index (χ3v) is 6.96. The lowest BCUT2D eigenvalue weighted by Crippen LogP contribution is -2.49. The van der Waals surface area contributed by atoms with Gasteiger partial charge in [0, 0.05) is 17.1 Å². The zero-order valence-corrected chi connectivity index (χ0v) is 17.1. The summed E-state index contributed by atoms with van der Waals surface area (Å²) < 4.78 is 19.1. The minimum Gasteiger partial charge on any atom is -0.379 e. The number of nitrogens with zero attached hydrogens (tertiary/aromatic N) is 3. The molecule has 3 atom stereocenters. The highest BCUT2D eigenvalue weighted by molar-refractivity contribution is 8.13. The molecule has 1 fully saturated rings. The smallest absolute Gasteiger partial charge is 0.275 e. The molecule has 0 bridgehead atoms. The van der Waals surface area contributed by atoms with Gasteiger partial charge < -0.3 is 15.8 Å². The van der Waals surface area contributed by atoms with E-state index in [2.05, 4.69) is 22.2 Å². The lowest BCUT2D eigenvalue weighted by Gasteiger charge is -2.44. The highest BCUT2D eigenvalue weighted by atomic mass is 32.2. The number of aromatic nitrogens is 2. The van der Waals surface area contributed by atoms with Crippen molar-refractivity contribution in [1.82, 2.24) is 9.97 Å². The van der Waals surface area contributed by atoms with Gasteiger partial charge in [0.25, 0.3) is 5.91 Å². The summed E-state index contributed by atoms with van der Waals surface area (Å²) in [6.07, 6.45) is 2.07. The van der Waals surface area contributed by atoms with E-state index in [4.69, 9.17) is 15.5 Å². The number of hydrogen-bond acceptors (Lipinski definition) is 8. The van der Waals surface area contributed by atoms with Crippen LogP contribution in [0.1, 0.15) is 34.4 Å². The van der Waals surface area contributed by atoms with Crippen molar-refractivity contribution in [2.24, 2.45) is 16.6 Å². The number of carbonyl (C=O) groups excluding carboxylic acids is 1. The average Bonchev–Trinajstić information content (AvgIpc) is 3.11. The van der Waals surface area contributed by atoms with Gasteiger partial charge in [-0.25, -0.2) is 19.4 Å². The molecule has 1 amide bonds. The van der Waals surface area contributed by atoms with Gasteiger partial charge >= 0.3 is 0 Å². The molecular weight excluding hydrogens is 401 g/mol. The van der Waals surface area contributed by atoms with Crippen LogP contribution in [0.2, 0.25) is 0 Å². The molecular formula is C18H20FN5O2S2. The predicted molar refractivity (Wildman–Crippen MR) is 108 cm³/mol. The maximum Gasteiger partial charge on any atom is 0.275 e. The predicted octanol–water partition coefficient (Wildman–Crippen LogP) is 2.92. The number of halogens is 1. The number of aliphatic imine (C=N–C) groups is 1. The Labute approximate surface area is 170 Å². The van der Waals surface area contributed by atoms with E-state index in [1.807, 2.05) is 0 Å². The number of hydrogen-bond donors (Lipinski definition) is 2. The third kappa shape index (κ3) is 3.51. The van der Waals surface area contributed by atoms with Crippen molar-refractivity contribution < 1.29 is 13.9 Å². The lowest BCUT2D eigenvalue weighted by molar-refractivity contribution is -0.0466. The van der Waals surface area contributed by atoms with Crippen LogP contribution in [0.4, 0.5) is 10.2 Å². The van der Waals surface area contributed by atoms with E-state index in [1.165, 1.54) is 17.4 Å². The first kappa shape index (κ1) is 19.3. The van der Waals surface area contributed by atoms with Crippen LogP contribution >= 0.6 is 23.1 Å². The number of aryl methyl sites for hydroxylation is 1. The minimum atomic E-state index is -0.612. The lowest BCUT2D eigenvalue weighted by atomic mass is 9.80. The molecule has 0 saturated carbocycles. The number of thiazole rings is 1. The topological polar surface area (TPSA) is 102 Å². The molecule has 2 aliphatic heterocycles. The number of amidine groups is 1. The van der Waals surface area contributed by atoms with Crippen LogP contribution in [-0.2, 0) is 10.3 Å².